The van der Waals surface area contributed by atoms with Crippen molar-refractivity contribution in [3.63, 3.8) is 0 Å². The van der Waals surface area contributed by atoms with E-state index in [0.717, 1.165) is 34.3 Å². The van der Waals surface area contributed by atoms with E-state index in [1.54, 1.807) is 0 Å². The minimum atomic E-state index is 0.0573. The maximum absolute atomic E-state index is 7.47. The molecule has 0 aromatic heterocycles. The molecule has 5 heteroatoms. The number of nitrogens with one attached hydrogen (secondary N) is 2. The summed E-state index contributed by atoms with van der Waals surface area (Å²) in [5, 5.41) is 10.8. The molecular formula is C12H16IN3O. The van der Waals surface area contributed by atoms with Crippen LogP contribution in [0.4, 0.5) is 11.4 Å². The molecule has 1 aromatic carbocycles. The Morgan fingerprint density at radius 2 is 2.29 bits per heavy atom. The second-order valence-corrected chi connectivity index (χ2v) is 5.15. The van der Waals surface area contributed by atoms with Crippen LogP contribution in [0.1, 0.15) is 24.8 Å². The number of anilines is 2. The summed E-state index contributed by atoms with van der Waals surface area (Å²) in [7, 11) is 0. The molecule has 0 bridgehead atoms. The third-order valence-electron chi connectivity index (χ3n) is 2.85. The van der Waals surface area contributed by atoms with Crippen LogP contribution in [0.2, 0.25) is 0 Å². The Balaban J connectivity index is 2.19. The minimum Gasteiger partial charge on any atom is -0.398 e. The zero-order valence-corrected chi connectivity index (χ0v) is 11.7. The van der Waals surface area contributed by atoms with Crippen molar-refractivity contribution in [1.29, 1.82) is 5.41 Å². The quantitative estimate of drug-likeness (QED) is 0.448. The van der Waals surface area contributed by atoms with Crippen LogP contribution >= 0.6 is 22.6 Å². The van der Waals surface area contributed by atoms with Crippen LogP contribution in [0, 0.1) is 8.98 Å². The lowest BCUT2D eigenvalue weighted by molar-refractivity contribution is 0.0343. The summed E-state index contributed by atoms with van der Waals surface area (Å²) in [5.74, 6) is 0. The molecule has 4 nitrogen and oxygen atoms in total. The molecule has 1 unspecified atom stereocenters. The van der Waals surface area contributed by atoms with Crippen LogP contribution in [0.3, 0.4) is 0 Å². The summed E-state index contributed by atoms with van der Waals surface area (Å²) < 4.78 is 6.55. The lowest BCUT2D eigenvalue weighted by Gasteiger charge is -2.25. The molecule has 1 fully saturated rings. The van der Waals surface area contributed by atoms with Crippen molar-refractivity contribution >= 4 is 40.2 Å². The van der Waals surface area contributed by atoms with Gasteiger partial charge in [-0.3, -0.25) is 0 Å². The van der Waals surface area contributed by atoms with Gasteiger partial charge >= 0.3 is 0 Å². The largest absolute Gasteiger partial charge is 0.398 e. The Morgan fingerprint density at radius 3 is 2.94 bits per heavy atom. The summed E-state index contributed by atoms with van der Waals surface area (Å²) in [5.41, 5.74) is 8.29. The molecule has 92 valence electrons. The molecular weight excluding hydrogens is 329 g/mol. The molecule has 1 aromatic rings. The molecule has 1 atom stereocenters. The summed E-state index contributed by atoms with van der Waals surface area (Å²) in [6.07, 6.45) is 4.72. The molecule has 17 heavy (non-hydrogen) atoms. The fraction of sp³-hybridized carbons (Fsp3) is 0.417. The third kappa shape index (κ3) is 2.90. The van der Waals surface area contributed by atoms with Gasteiger partial charge in [0.15, 0.2) is 0 Å². The van der Waals surface area contributed by atoms with Crippen molar-refractivity contribution < 1.29 is 4.74 Å². The first-order valence-electron chi connectivity index (χ1n) is 5.69. The van der Waals surface area contributed by atoms with Crippen molar-refractivity contribution in [3.8, 4) is 0 Å². The van der Waals surface area contributed by atoms with E-state index < -0.39 is 0 Å². The highest BCUT2D eigenvalue weighted by atomic mass is 127. The van der Waals surface area contributed by atoms with Crippen molar-refractivity contribution in [2.24, 2.45) is 0 Å². The summed E-state index contributed by atoms with van der Waals surface area (Å²) in [6.45, 7) is 0.809. The maximum Gasteiger partial charge on any atom is 0.127 e. The number of nitrogen functional groups attached to an aromatic ring is 1. The number of hydrogen-bond donors (Lipinski definition) is 3. The molecule has 4 N–H and O–H groups in total. The fourth-order valence-corrected chi connectivity index (χ4v) is 2.53. The first kappa shape index (κ1) is 12.6. The molecule has 0 radical (unpaired) electrons. The van der Waals surface area contributed by atoms with Crippen molar-refractivity contribution in [3.05, 3.63) is 21.3 Å². The number of rotatable bonds is 3. The van der Waals surface area contributed by atoms with Gasteiger partial charge < -0.3 is 21.2 Å². The van der Waals surface area contributed by atoms with E-state index in [1.807, 2.05) is 12.1 Å². The van der Waals surface area contributed by atoms with E-state index in [1.165, 1.54) is 12.6 Å². The van der Waals surface area contributed by atoms with Gasteiger partial charge in [-0.1, -0.05) is 0 Å². The molecule has 0 spiro atoms. The Hall–Kier alpha value is -0.820. The first-order valence-corrected chi connectivity index (χ1v) is 6.77. The predicted molar refractivity (Wildman–Crippen MR) is 78.7 cm³/mol. The van der Waals surface area contributed by atoms with Crippen LogP contribution in [-0.2, 0) is 4.74 Å². The second-order valence-electron chi connectivity index (χ2n) is 4.07. The second kappa shape index (κ2) is 5.68. The molecule has 0 aliphatic carbocycles. The van der Waals surface area contributed by atoms with E-state index >= 15 is 0 Å². The van der Waals surface area contributed by atoms with Crippen molar-refractivity contribution in [2.75, 3.05) is 17.7 Å². The van der Waals surface area contributed by atoms with Crippen LogP contribution in [0.5, 0.6) is 0 Å². The van der Waals surface area contributed by atoms with Gasteiger partial charge in [0.05, 0.1) is 0 Å². The average molecular weight is 345 g/mol. The van der Waals surface area contributed by atoms with Gasteiger partial charge in [0.25, 0.3) is 0 Å². The first-order chi connectivity index (χ1) is 8.22. The van der Waals surface area contributed by atoms with E-state index in [-0.39, 0.29) is 6.23 Å². The number of ether oxygens (including phenoxy) is 1. The summed E-state index contributed by atoms with van der Waals surface area (Å²) >= 11 is 2.17. The summed E-state index contributed by atoms with van der Waals surface area (Å²) in [4.78, 5) is 0. The Kier molecular flexibility index (Phi) is 4.22. The SMILES string of the molecule is N=Cc1c(NC2CCCCO2)ccc(N)c1I. The highest BCUT2D eigenvalue weighted by Crippen LogP contribution is 2.27. The molecule has 1 aliphatic heterocycles. The Morgan fingerprint density at radius 1 is 1.47 bits per heavy atom. The molecule has 2 rings (SSSR count). The highest BCUT2D eigenvalue weighted by molar-refractivity contribution is 14.1. The topological polar surface area (TPSA) is 71.1 Å². The standard InChI is InChI=1S/C12H16IN3O/c13-12-8(7-14)10(5-4-9(12)15)16-11-3-1-2-6-17-11/h4-5,7,11,14,16H,1-3,6,15H2. The molecule has 1 aliphatic rings. The maximum atomic E-state index is 7.47. The fourth-order valence-electron chi connectivity index (χ4n) is 1.90. The van der Waals surface area contributed by atoms with E-state index in [0.29, 0.717) is 5.69 Å². The monoisotopic (exact) mass is 345 g/mol. The van der Waals surface area contributed by atoms with Gasteiger partial charge in [-0.2, -0.15) is 0 Å². The Labute approximate surface area is 115 Å². The van der Waals surface area contributed by atoms with Gasteiger partial charge in [-0.25, -0.2) is 0 Å². The third-order valence-corrected chi connectivity index (χ3v) is 4.05. The van der Waals surface area contributed by atoms with Gasteiger partial charge in [0.1, 0.15) is 6.23 Å². The van der Waals surface area contributed by atoms with E-state index in [4.69, 9.17) is 15.9 Å². The zero-order chi connectivity index (χ0) is 12.3. The van der Waals surface area contributed by atoms with Crippen LogP contribution < -0.4 is 11.1 Å². The molecule has 0 amide bonds. The van der Waals surface area contributed by atoms with Gasteiger partial charge in [0, 0.05) is 33.3 Å². The number of halogens is 1. The smallest absolute Gasteiger partial charge is 0.127 e. The Bertz CT molecular complexity index is 416. The van der Waals surface area contributed by atoms with Gasteiger partial charge in [0.2, 0.25) is 0 Å². The normalized spacial score (nSPS) is 19.9. The van der Waals surface area contributed by atoms with Crippen molar-refractivity contribution in [1.82, 2.24) is 0 Å². The highest BCUT2D eigenvalue weighted by Gasteiger charge is 2.16. The van der Waals surface area contributed by atoms with E-state index in [2.05, 4.69) is 27.9 Å². The molecule has 1 saturated heterocycles. The van der Waals surface area contributed by atoms with Gasteiger partial charge in [-0.05, 0) is 54.0 Å². The predicted octanol–water partition coefficient (Wildman–Crippen LogP) is 2.81. The number of benzene rings is 1. The molecule has 1 heterocycles. The zero-order valence-electron chi connectivity index (χ0n) is 9.50. The number of hydrogen-bond acceptors (Lipinski definition) is 4. The van der Waals surface area contributed by atoms with Crippen LogP contribution in [0.25, 0.3) is 0 Å². The molecule has 0 saturated carbocycles. The summed E-state index contributed by atoms with van der Waals surface area (Å²) in [6, 6.07) is 3.77. The van der Waals surface area contributed by atoms with Crippen LogP contribution in [-0.4, -0.2) is 19.0 Å². The minimum absolute atomic E-state index is 0.0573. The lowest BCUT2D eigenvalue weighted by atomic mass is 10.1. The van der Waals surface area contributed by atoms with Gasteiger partial charge in [-0.15, -0.1) is 0 Å². The average Bonchev–Trinajstić information content (AvgIpc) is 2.36. The lowest BCUT2D eigenvalue weighted by Crippen LogP contribution is -2.27. The van der Waals surface area contributed by atoms with Crippen molar-refractivity contribution in [2.45, 2.75) is 25.5 Å². The van der Waals surface area contributed by atoms with E-state index in [9.17, 15) is 0 Å². The van der Waals surface area contributed by atoms with Crippen LogP contribution in [0.15, 0.2) is 12.1 Å². The number of nitrogens with two attached hydrogens (primary N) is 1.